The summed E-state index contributed by atoms with van der Waals surface area (Å²) in [5.74, 6) is 1.07. The van der Waals surface area contributed by atoms with Gasteiger partial charge >= 0.3 is 0 Å². The van der Waals surface area contributed by atoms with Crippen molar-refractivity contribution in [1.82, 2.24) is 0 Å². The topological polar surface area (TPSA) is 0 Å². The highest BCUT2D eigenvalue weighted by Crippen LogP contribution is 2.29. The van der Waals surface area contributed by atoms with E-state index in [4.69, 9.17) is 0 Å². The monoisotopic (exact) mass is 214 g/mol. The van der Waals surface area contributed by atoms with Gasteiger partial charge in [-0.25, -0.2) is 0 Å². The maximum Gasteiger partial charge on any atom is -0.00672 e. The van der Waals surface area contributed by atoms with Crippen LogP contribution in [0.15, 0.2) is 55.1 Å². The van der Waals surface area contributed by atoms with E-state index in [1.54, 1.807) is 0 Å². The number of hydrogen-bond donors (Lipinski definition) is 0. The summed E-state index contributed by atoms with van der Waals surface area (Å²) < 4.78 is 0. The molecule has 0 saturated carbocycles. The van der Waals surface area contributed by atoms with Crippen molar-refractivity contribution in [1.29, 1.82) is 0 Å². The van der Waals surface area contributed by atoms with Crippen molar-refractivity contribution >= 4 is 0 Å². The molecule has 2 unspecified atom stereocenters. The third kappa shape index (κ3) is 3.69. The van der Waals surface area contributed by atoms with Gasteiger partial charge in [-0.2, -0.15) is 0 Å². The highest BCUT2D eigenvalue weighted by molar-refractivity contribution is 5.22. The van der Waals surface area contributed by atoms with E-state index in [0.29, 0.717) is 11.8 Å². The molecule has 0 aliphatic carbocycles. The zero-order valence-electron chi connectivity index (χ0n) is 10.4. The molecule has 0 spiro atoms. The molecule has 0 nitrogen and oxygen atoms in total. The molecule has 0 aromatic heterocycles. The molecule has 0 heterocycles. The Kier molecular flexibility index (Phi) is 5.63. The SMILES string of the molecule is C=CC(C)C(C/C=C\CC)c1ccccc1. The third-order valence-corrected chi connectivity index (χ3v) is 3.03. The molecule has 1 aromatic rings. The Hall–Kier alpha value is -1.30. The zero-order chi connectivity index (χ0) is 11.8. The van der Waals surface area contributed by atoms with Gasteiger partial charge in [0, 0.05) is 0 Å². The second-order valence-corrected chi connectivity index (χ2v) is 4.23. The lowest BCUT2D eigenvalue weighted by molar-refractivity contribution is 0.552. The van der Waals surface area contributed by atoms with Crippen molar-refractivity contribution in [2.24, 2.45) is 5.92 Å². The minimum absolute atomic E-state index is 0.518. The summed E-state index contributed by atoms with van der Waals surface area (Å²) in [6.07, 6.45) is 8.80. The van der Waals surface area contributed by atoms with Crippen LogP contribution in [0.2, 0.25) is 0 Å². The van der Waals surface area contributed by atoms with Gasteiger partial charge in [-0.15, -0.1) is 6.58 Å². The minimum Gasteiger partial charge on any atom is -0.103 e. The number of rotatable bonds is 6. The molecule has 0 saturated heterocycles. The van der Waals surface area contributed by atoms with Crippen molar-refractivity contribution in [3.8, 4) is 0 Å². The Morgan fingerprint density at radius 3 is 2.44 bits per heavy atom. The summed E-state index contributed by atoms with van der Waals surface area (Å²) in [5, 5.41) is 0. The van der Waals surface area contributed by atoms with Gasteiger partial charge in [0.05, 0.1) is 0 Å². The van der Waals surface area contributed by atoms with Crippen LogP contribution in [-0.4, -0.2) is 0 Å². The van der Waals surface area contributed by atoms with Crippen molar-refractivity contribution in [3.05, 3.63) is 60.7 Å². The van der Waals surface area contributed by atoms with E-state index in [-0.39, 0.29) is 0 Å². The number of benzene rings is 1. The van der Waals surface area contributed by atoms with Crippen LogP contribution in [-0.2, 0) is 0 Å². The largest absolute Gasteiger partial charge is 0.103 e. The first-order valence-corrected chi connectivity index (χ1v) is 6.12. The summed E-state index contributed by atoms with van der Waals surface area (Å²) in [7, 11) is 0. The average molecular weight is 214 g/mol. The number of allylic oxidation sites excluding steroid dienone is 3. The van der Waals surface area contributed by atoms with Gasteiger partial charge < -0.3 is 0 Å². The van der Waals surface area contributed by atoms with Crippen molar-refractivity contribution < 1.29 is 0 Å². The van der Waals surface area contributed by atoms with Crippen LogP contribution in [0.25, 0.3) is 0 Å². The normalized spacial score (nSPS) is 14.9. The van der Waals surface area contributed by atoms with Crippen LogP contribution in [0.4, 0.5) is 0 Å². The smallest absolute Gasteiger partial charge is 0.00672 e. The fraction of sp³-hybridized carbons (Fsp3) is 0.375. The molecule has 2 atom stereocenters. The predicted molar refractivity (Wildman–Crippen MR) is 72.6 cm³/mol. The molecule has 1 rings (SSSR count). The Balaban J connectivity index is 2.79. The predicted octanol–water partition coefficient (Wildman–Crippen LogP) is 4.95. The molecule has 16 heavy (non-hydrogen) atoms. The Labute approximate surface area is 99.7 Å². The molecule has 0 N–H and O–H groups in total. The first-order chi connectivity index (χ1) is 7.79. The quantitative estimate of drug-likeness (QED) is 0.588. The molecule has 0 aliphatic rings. The van der Waals surface area contributed by atoms with Crippen molar-refractivity contribution in [2.75, 3.05) is 0 Å². The summed E-state index contributed by atoms with van der Waals surface area (Å²) in [6, 6.07) is 10.7. The van der Waals surface area contributed by atoms with E-state index in [1.807, 2.05) is 0 Å². The highest BCUT2D eigenvalue weighted by Gasteiger charge is 2.14. The molecule has 0 fully saturated rings. The lowest BCUT2D eigenvalue weighted by Gasteiger charge is -2.20. The fourth-order valence-electron chi connectivity index (χ4n) is 1.93. The first-order valence-electron chi connectivity index (χ1n) is 6.12. The molecule has 0 amide bonds. The lowest BCUT2D eigenvalue weighted by atomic mass is 9.84. The Bertz CT molecular complexity index is 321. The maximum atomic E-state index is 3.91. The van der Waals surface area contributed by atoms with Crippen LogP contribution in [0.5, 0.6) is 0 Å². The third-order valence-electron chi connectivity index (χ3n) is 3.03. The Morgan fingerprint density at radius 1 is 1.19 bits per heavy atom. The van der Waals surface area contributed by atoms with Gasteiger partial charge in [-0.05, 0) is 30.2 Å². The van der Waals surface area contributed by atoms with Crippen LogP contribution >= 0.6 is 0 Å². The molecule has 1 aromatic carbocycles. The van der Waals surface area contributed by atoms with Crippen LogP contribution in [0, 0.1) is 5.92 Å². The van der Waals surface area contributed by atoms with Gasteiger partial charge in [-0.3, -0.25) is 0 Å². The first kappa shape index (κ1) is 12.8. The van der Waals surface area contributed by atoms with Crippen LogP contribution < -0.4 is 0 Å². The van der Waals surface area contributed by atoms with E-state index in [9.17, 15) is 0 Å². The van der Waals surface area contributed by atoms with Crippen molar-refractivity contribution in [3.63, 3.8) is 0 Å². The minimum atomic E-state index is 0.518. The maximum absolute atomic E-state index is 3.91. The van der Waals surface area contributed by atoms with Gasteiger partial charge in [0.15, 0.2) is 0 Å². The second-order valence-electron chi connectivity index (χ2n) is 4.23. The summed E-state index contributed by atoms with van der Waals surface area (Å²) in [5.41, 5.74) is 1.41. The average Bonchev–Trinajstić information content (AvgIpc) is 2.35. The second kappa shape index (κ2) is 7.05. The molecule has 86 valence electrons. The summed E-state index contributed by atoms with van der Waals surface area (Å²) >= 11 is 0. The van der Waals surface area contributed by atoms with Crippen molar-refractivity contribution in [2.45, 2.75) is 32.6 Å². The zero-order valence-corrected chi connectivity index (χ0v) is 10.4. The van der Waals surface area contributed by atoms with Gasteiger partial charge in [0.2, 0.25) is 0 Å². The molecular formula is C16H22. The summed E-state index contributed by atoms with van der Waals surface area (Å²) in [4.78, 5) is 0. The standard InChI is InChI=1S/C16H22/c1-4-6-8-13-16(14(3)5-2)15-11-9-7-10-12-15/h5-12,14,16H,2,4,13H2,1,3H3/b8-6-. The molecule has 0 radical (unpaired) electrons. The van der Waals surface area contributed by atoms with Gasteiger partial charge in [-0.1, -0.05) is 62.4 Å². The molecular weight excluding hydrogens is 192 g/mol. The highest BCUT2D eigenvalue weighted by atomic mass is 14.2. The number of hydrogen-bond acceptors (Lipinski definition) is 0. The summed E-state index contributed by atoms with van der Waals surface area (Å²) in [6.45, 7) is 8.32. The van der Waals surface area contributed by atoms with Crippen LogP contribution in [0.1, 0.15) is 38.2 Å². The van der Waals surface area contributed by atoms with E-state index < -0.39 is 0 Å². The fourth-order valence-corrected chi connectivity index (χ4v) is 1.93. The Morgan fingerprint density at radius 2 is 1.88 bits per heavy atom. The van der Waals surface area contributed by atoms with E-state index >= 15 is 0 Å². The van der Waals surface area contributed by atoms with Crippen LogP contribution in [0.3, 0.4) is 0 Å². The lowest BCUT2D eigenvalue weighted by Crippen LogP contribution is -2.06. The molecule has 0 heteroatoms. The molecule has 0 aliphatic heterocycles. The van der Waals surface area contributed by atoms with Gasteiger partial charge in [0.25, 0.3) is 0 Å². The molecule has 0 bridgehead atoms. The van der Waals surface area contributed by atoms with E-state index in [0.717, 1.165) is 12.8 Å². The van der Waals surface area contributed by atoms with E-state index in [2.05, 4.69) is 69.0 Å². The van der Waals surface area contributed by atoms with E-state index in [1.165, 1.54) is 5.56 Å². The van der Waals surface area contributed by atoms with Gasteiger partial charge in [0.1, 0.15) is 0 Å².